The number of hydrogen-bond acceptors (Lipinski definition) is 3. The second kappa shape index (κ2) is 6.59. The van der Waals surface area contributed by atoms with Crippen molar-refractivity contribution in [1.82, 2.24) is 10.2 Å². The molecule has 0 radical (unpaired) electrons. The molecule has 1 aliphatic carbocycles. The van der Waals surface area contributed by atoms with Gasteiger partial charge in [-0.2, -0.15) is 0 Å². The molecule has 1 saturated carbocycles. The maximum atomic E-state index is 11.8. The van der Waals surface area contributed by atoms with E-state index in [0.717, 1.165) is 12.8 Å². The number of carboxylic acids is 1. The van der Waals surface area contributed by atoms with Crippen molar-refractivity contribution in [3.05, 3.63) is 0 Å². The standard InChI is InChI=1S/C12H22N2O3/c1-9(12(16)17)13-8-11(15)14(2)10-6-4-3-5-7-10/h9-10,13H,3-8H2,1-2H3,(H,16,17)/t9-/m1/s1. The number of amides is 1. The van der Waals surface area contributed by atoms with Gasteiger partial charge in [-0.25, -0.2) is 0 Å². The molecule has 1 aliphatic rings. The van der Waals surface area contributed by atoms with E-state index in [1.807, 2.05) is 7.05 Å². The molecule has 0 aromatic rings. The lowest BCUT2D eigenvalue weighted by molar-refractivity contribution is -0.139. The van der Waals surface area contributed by atoms with Crippen molar-refractivity contribution in [2.24, 2.45) is 0 Å². The number of carbonyl (C=O) groups is 2. The Hall–Kier alpha value is -1.10. The summed E-state index contributed by atoms with van der Waals surface area (Å²) in [4.78, 5) is 24.2. The lowest BCUT2D eigenvalue weighted by atomic mass is 9.94. The van der Waals surface area contributed by atoms with Crippen LogP contribution in [0.15, 0.2) is 0 Å². The minimum absolute atomic E-state index is 0.0231. The maximum Gasteiger partial charge on any atom is 0.320 e. The van der Waals surface area contributed by atoms with Crippen LogP contribution in [-0.2, 0) is 9.59 Å². The predicted octanol–water partition coefficient (Wildman–Crippen LogP) is 0.840. The molecule has 1 atom stereocenters. The fourth-order valence-corrected chi connectivity index (χ4v) is 2.12. The first-order chi connectivity index (χ1) is 8.02. The third kappa shape index (κ3) is 4.34. The number of nitrogens with one attached hydrogen (secondary N) is 1. The Morgan fingerprint density at radius 1 is 1.35 bits per heavy atom. The van der Waals surface area contributed by atoms with E-state index in [4.69, 9.17) is 5.11 Å². The van der Waals surface area contributed by atoms with Crippen LogP contribution >= 0.6 is 0 Å². The van der Waals surface area contributed by atoms with Crippen molar-refractivity contribution in [3.63, 3.8) is 0 Å². The molecule has 5 nitrogen and oxygen atoms in total. The summed E-state index contributed by atoms with van der Waals surface area (Å²) in [6.45, 7) is 1.64. The molecule has 5 heteroatoms. The Kier molecular flexibility index (Phi) is 5.41. The van der Waals surface area contributed by atoms with Crippen LogP contribution in [0, 0.1) is 0 Å². The van der Waals surface area contributed by atoms with Crippen molar-refractivity contribution in [2.45, 2.75) is 51.1 Å². The van der Waals surface area contributed by atoms with Gasteiger partial charge in [0.1, 0.15) is 6.04 Å². The number of carbonyl (C=O) groups excluding carboxylic acids is 1. The van der Waals surface area contributed by atoms with Crippen molar-refractivity contribution in [2.75, 3.05) is 13.6 Å². The second-order valence-electron chi connectivity index (χ2n) is 4.74. The van der Waals surface area contributed by atoms with Gasteiger partial charge in [0.2, 0.25) is 5.91 Å². The number of rotatable bonds is 5. The predicted molar refractivity (Wildman–Crippen MR) is 64.7 cm³/mol. The maximum absolute atomic E-state index is 11.8. The van der Waals surface area contributed by atoms with Crippen LogP contribution in [-0.4, -0.2) is 47.6 Å². The quantitative estimate of drug-likeness (QED) is 0.749. The van der Waals surface area contributed by atoms with Crippen LogP contribution in [0.2, 0.25) is 0 Å². The SMILES string of the molecule is C[C@@H](NCC(=O)N(C)C1CCCCC1)C(=O)O. The molecule has 0 bridgehead atoms. The van der Waals surface area contributed by atoms with Crippen molar-refractivity contribution >= 4 is 11.9 Å². The first-order valence-electron chi connectivity index (χ1n) is 6.24. The van der Waals surface area contributed by atoms with E-state index in [1.165, 1.54) is 26.2 Å². The number of carboxylic acid groups (broad SMARTS) is 1. The zero-order valence-corrected chi connectivity index (χ0v) is 10.6. The largest absolute Gasteiger partial charge is 0.480 e. The highest BCUT2D eigenvalue weighted by Crippen LogP contribution is 2.21. The highest BCUT2D eigenvalue weighted by molar-refractivity contribution is 5.80. The van der Waals surface area contributed by atoms with Crippen molar-refractivity contribution in [3.8, 4) is 0 Å². The summed E-state index contributed by atoms with van der Waals surface area (Å²) in [6.07, 6.45) is 5.75. The normalized spacial score (nSPS) is 18.7. The first kappa shape index (κ1) is 14.0. The lowest BCUT2D eigenvalue weighted by Crippen LogP contribution is -2.46. The molecule has 0 spiro atoms. The summed E-state index contributed by atoms with van der Waals surface area (Å²) in [6, 6.07) is -0.350. The van der Waals surface area contributed by atoms with Crippen LogP contribution < -0.4 is 5.32 Å². The second-order valence-corrected chi connectivity index (χ2v) is 4.74. The fourth-order valence-electron chi connectivity index (χ4n) is 2.12. The number of likely N-dealkylation sites (N-methyl/N-ethyl adjacent to an activating group) is 1. The van der Waals surface area contributed by atoms with Crippen LogP contribution in [0.1, 0.15) is 39.0 Å². The third-order valence-electron chi connectivity index (χ3n) is 3.45. The molecule has 0 heterocycles. The van der Waals surface area contributed by atoms with Gasteiger partial charge in [0.05, 0.1) is 6.54 Å². The Bertz CT molecular complexity index is 275. The molecule has 0 saturated heterocycles. The summed E-state index contributed by atoms with van der Waals surface area (Å²) in [7, 11) is 1.81. The molecular formula is C12H22N2O3. The highest BCUT2D eigenvalue weighted by atomic mass is 16.4. The van der Waals surface area contributed by atoms with Crippen LogP contribution in [0.25, 0.3) is 0 Å². The van der Waals surface area contributed by atoms with Gasteiger partial charge in [0.25, 0.3) is 0 Å². The third-order valence-corrected chi connectivity index (χ3v) is 3.45. The van der Waals surface area contributed by atoms with E-state index >= 15 is 0 Å². The van der Waals surface area contributed by atoms with Crippen LogP contribution in [0.3, 0.4) is 0 Å². The van der Waals surface area contributed by atoms with Gasteiger partial charge in [0, 0.05) is 13.1 Å². The zero-order chi connectivity index (χ0) is 12.8. The number of hydrogen-bond donors (Lipinski definition) is 2. The van der Waals surface area contributed by atoms with E-state index in [2.05, 4.69) is 5.32 Å². The van der Waals surface area contributed by atoms with Crippen LogP contribution in [0.4, 0.5) is 0 Å². The summed E-state index contributed by atoms with van der Waals surface area (Å²) in [5, 5.41) is 11.4. The molecule has 1 fully saturated rings. The van der Waals surface area contributed by atoms with Gasteiger partial charge in [0.15, 0.2) is 0 Å². The van der Waals surface area contributed by atoms with Gasteiger partial charge in [-0.3, -0.25) is 14.9 Å². The lowest BCUT2D eigenvalue weighted by Gasteiger charge is -2.31. The monoisotopic (exact) mass is 242 g/mol. The molecule has 17 heavy (non-hydrogen) atoms. The molecule has 0 aromatic heterocycles. The zero-order valence-electron chi connectivity index (χ0n) is 10.6. The van der Waals surface area contributed by atoms with Crippen molar-refractivity contribution < 1.29 is 14.7 Å². The molecule has 98 valence electrons. The minimum atomic E-state index is -0.932. The van der Waals surface area contributed by atoms with E-state index in [-0.39, 0.29) is 12.5 Å². The molecule has 0 unspecified atom stereocenters. The van der Waals surface area contributed by atoms with E-state index in [9.17, 15) is 9.59 Å². The van der Waals surface area contributed by atoms with Gasteiger partial charge in [-0.15, -0.1) is 0 Å². The fraction of sp³-hybridized carbons (Fsp3) is 0.833. The summed E-state index contributed by atoms with van der Waals surface area (Å²) in [5.74, 6) is -0.955. The van der Waals surface area contributed by atoms with E-state index in [1.54, 1.807) is 4.90 Å². The molecule has 1 amide bonds. The smallest absolute Gasteiger partial charge is 0.320 e. The summed E-state index contributed by atoms with van der Waals surface area (Å²) < 4.78 is 0. The molecule has 1 rings (SSSR count). The molecule has 0 aliphatic heterocycles. The minimum Gasteiger partial charge on any atom is -0.480 e. The topological polar surface area (TPSA) is 69.6 Å². The van der Waals surface area contributed by atoms with Gasteiger partial charge >= 0.3 is 5.97 Å². The van der Waals surface area contributed by atoms with Crippen molar-refractivity contribution in [1.29, 1.82) is 0 Å². The van der Waals surface area contributed by atoms with E-state index < -0.39 is 12.0 Å². The Balaban J connectivity index is 2.33. The Labute approximate surface area is 102 Å². The average molecular weight is 242 g/mol. The summed E-state index contributed by atoms with van der Waals surface area (Å²) >= 11 is 0. The molecular weight excluding hydrogens is 220 g/mol. The van der Waals surface area contributed by atoms with Gasteiger partial charge in [-0.1, -0.05) is 19.3 Å². The molecule has 0 aromatic carbocycles. The number of aliphatic carboxylic acids is 1. The average Bonchev–Trinajstić information content (AvgIpc) is 2.35. The summed E-state index contributed by atoms with van der Waals surface area (Å²) in [5.41, 5.74) is 0. The van der Waals surface area contributed by atoms with Gasteiger partial charge < -0.3 is 10.0 Å². The number of nitrogens with zero attached hydrogens (tertiary/aromatic N) is 1. The van der Waals surface area contributed by atoms with E-state index in [0.29, 0.717) is 6.04 Å². The Morgan fingerprint density at radius 2 is 1.94 bits per heavy atom. The van der Waals surface area contributed by atoms with Crippen LogP contribution in [0.5, 0.6) is 0 Å². The first-order valence-corrected chi connectivity index (χ1v) is 6.24. The van der Waals surface area contributed by atoms with Gasteiger partial charge in [-0.05, 0) is 19.8 Å². The Morgan fingerprint density at radius 3 is 2.47 bits per heavy atom. The highest BCUT2D eigenvalue weighted by Gasteiger charge is 2.22. The molecule has 2 N–H and O–H groups in total.